The highest BCUT2D eigenvalue weighted by molar-refractivity contribution is 5.95. The largest absolute Gasteiger partial charge is 0.348 e. The van der Waals surface area contributed by atoms with Crippen molar-refractivity contribution in [1.82, 2.24) is 15.0 Å². The number of carbonyl (C=O) groups excluding carboxylic acids is 1. The molecule has 2 aromatic carbocycles. The summed E-state index contributed by atoms with van der Waals surface area (Å²) in [5, 5.41) is 6.54. The van der Waals surface area contributed by atoms with Crippen molar-refractivity contribution >= 4 is 23.2 Å². The first-order chi connectivity index (χ1) is 14.7. The van der Waals surface area contributed by atoms with Gasteiger partial charge in [-0.1, -0.05) is 48.5 Å². The SMILES string of the molecule is CC(=O)c1cccc(Nc2cc(-c3ccccc3)nc(NCc3ccccn3)n2)c1. The van der Waals surface area contributed by atoms with Crippen LogP contribution in [0.25, 0.3) is 11.3 Å². The summed E-state index contributed by atoms with van der Waals surface area (Å²) in [5.74, 6) is 1.14. The van der Waals surface area contributed by atoms with E-state index in [1.165, 1.54) is 0 Å². The Morgan fingerprint density at radius 3 is 2.50 bits per heavy atom. The first-order valence-corrected chi connectivity index (χ1v) is 9.64. The second-order valence-electron chi connectivity index (χ2n) is 6.76. The summed E-state index contributed by atoms with van der Waals surface area (Å²) in [7, 11) is 0. The van der Waals surface area contributed by atoms with Crippen molar-refractivity contribution < 1.29 is 4.79 Å². The number of hydrogen-bond acceptors (Lipinski definition) is 6. The molecule has 148 valence electrons. The number of ketones is 1. The second-order valence-corrected chi connectivity index (χ2v) is 6.76. The number of pyridine rings is 1. The van der Waals surface area contributed by atoms with Crippen LogP contribution in [-0.2, 0) is 6.54 Å². The number of aromatic nitrogens is 3. The van der Waals surface area contributed by atoms with Crippen molar-refractivity contribution in [2.24, 2.45) is 0 Å². The van der Waals surface area contributed by atoms with Gasteiger partial charge < -0.3 is 10.6 Å². The van der Waals surface area contributed by atoms with Crippen molar-refractivity contribution in [3.05, 3.63) is 96.3 Å². The minimum Gasteiger partial charge on any atom is -0.348 e. The Balaban J connectivity index is 1.65. The molecule has 0 aliphatic carbocycles. The van der Waals surface area contributed by atoms with E-state index >= 15 is 0 Å². The van der Waals surface area contributed by atoms with Gasteiger partial charge in [0.1, 0.15) is 5.82 Å². The third-order valence-corrected chi connectivity index (χ3v) is 4.49. The van der Waals surface area contributed by atoms with Crippen molar-refractivity contribution in [3.63, 3.8) is 0 Å². The average Bonchev–Trinajstić information content (AvgIpc) is 2.79. The molecule has 0 aliphatic rings. The summed E-state index contributed by atoms with van der Waals surface area (Å²) in [6.45, 7) is 2.06. The molecule has 0 atom stereocenters. The maximum atomic E-state index is 11.7. The molecule has 30 heavy (non-hydrogen) atoms. The Morgan fingerprint density at radius 1 is 0.900 bits per heavy atom. The van der Waals surface area contributed by atoms with Gasteiger partial charge in [0.05, 0.1) is 17.9 Å². The third-order valence-electron chi connectivity index (χ3n) is 4.49. The van der Waals surface area contributed by atoms with E-state index in [0.717, 1.165) is 22.6 Å². The molecule has 2 heterocycles. The number of rotatable bonds is 7. The standard InChI is InChI=1S/C24H21N5O/c1-17(30)19-10-7-12-20(14-19)27-23-15-22(18-8-3-2-4-9-18)28-24(29-23)26-16-21-11-5-6-13-25-21/h2-15H,16H2,1H3,(H2,26,27,28,29). The molecule has 0 spiro atoms. The van der Waals surface area contributed by atoms with Crippen LogP contribution in [-0.4, -0.2) is 20.7 Å². The summed E-state index contributed by atoms with van der Waals surface area (Å²) < 4.78 is 0. The zero-order chi connectivity index (χ0) is 20.8. The Bertz CT molecular complexity index is 1150. The molecule has 0 saturated carbocycles. The fourth-order valence-corrected chi connectivity index (χ4v) is 2.98. The third kappa shape index (κ3) is 4.86. The van der Waals surface area contributed by atoms with Gasteiger partial charge in [-0.15, -0.1) is 0 Å². The number of Topliss-reactive ketones (excluding diaryl/α,β-unsaturated/α-hetero) is 1. The van der Waals surface area contributed by atoms with Crippen LogP contribution in [0.5, 0.6) is 0 Å². The molecule has 0 bridgehead atoms. The molecular weight excluding hydrogens is 374 g/mol. The Morgan fingerprint density at radius 2 is 1.73 bits per heavy atom. The highest BCUT2D eigenvalue weighted by atomic mass is 16.1. The summed E-state index contributed by atoms with van der Waals surface area (Å²) in [5.41, 5.74) is 4.11. The van der Waals surface area contributed by atoms with Gasteiger partial charge in [0.15, 0.2) is 5.78 Å². The lowest BCUT2D eigenvalue weighted by Gasteiger charge is -2.12. The van der Waals surface area contributed by atoms with E-state index in [-0.39, 0.29) is 5.78 Å². The monoisotopic (exact) mass is 395 g/mol. The fraction of sp³-hybridized carbons (Fsp3) is 0.0833. The van der Waals surface area contributed by atoms with Crippen molar-refractivity contribution in [1.29, 1.82) is 0 Å². The Labute approximate surface area is 175 Å². The molecule has 0 amide bonds. The summed E-state index contributed by atoms with van der Waals surface area (Å²) >= 11 is 0. The minimum atomic E-state index is 0.0176. The van der Waals surface area contributed by atoms with Crippen LogP contribution in [0.4, 0.5) is 17.5 Å². The van der Waals surface area contributed by atoms with E-state index in [1.807, 2.05) is 72.8 Å². The summed E-state index contributed by atoms with van der Waals surface area (Å²) in [4.78, 5) is 25.3. The highest BCUT2D eigenvalue weighted by Gasteiger charge is 2.08. The Kier molecular flexibility index (Phi) is 5.75. The zero-order valence-electron chi connectivity index (χ0n) is 16.5. The predicted octanol–water partition coefficient (Wildman–Crippen LogP) is 5.10. The molecule has 6 heteroatoms. The van der Waals surface area contributed by atoms with Gasteiger partial charge >= 0.3 is 0 Å². The van der Waals surface area contributed by atoms with Crippen LogP contribution in [0.15, 0.2) is 85.1 Å². The molecule has 2 N–H and O–H groups in total. The molecule has 0 fully saturated rings. The number of nitrogens with one attached hydrogen (secondary N) is 2. The van der Waals surface area contributed by atoms with Crippen LogP contribution in [0.3, 0.4) is 0 Å². The smallest absolute Gasteiger partial charge is 0.225 e. The van der Waals surface area contributed by atoms with Gasteiger partial charge in [-0.25, -0.2) is 4.98 Å². The van der Waals surface area contributed by atoms with Crippen LogP contribution in [0.1, 0.15) is 23.0 Å². The number of anilines is 3. The van der Waals surface area contributed by atoms with E-state index in [2.05, 4.69) is 25.6 Å². The predicted molar refractivity (Wildman–Crippen MR) is 119 cm³/mol. The summed E-state index contributed by atoms with van der Waals surface area (Å²) in [6, 6.07) is 24.9. The molecule has 2 aromatic heterocycles. The quantitative estimate of drug-likeness (QED) is 0.424. The van der Waals surface area contributed by atoms with Crippen LogP contribution >= 0.6 is 0 Å². The van der Waals surface area contributed by atoms with Crippen molar-refractivity contribution in [2.75, 3.05) is 10.6 Å². The fourth-order valence-electron chi connectivity index (χ4n) is 2.98. The van der Waals surface area contributed by atoms with Gasteiger partial charge in [-0.2, -0.15) is 4.98 Å². The number of carbonyl (C=O) groups is 1. The first kappa shape index (κ1) is 19.3. The molecule has 0 saturated heterocycles. The lowest BCUT2D eigenvalue weighted by molar-refractivity contribution is 0.101. The molecule has 0 unspecified atom stereocenters. The van der Waals surface area contributed by atoms with E-state index < -0.39 is 0 Å². The Hall–Kier alpha value is -4.06. The highest BCUT2D eigenvalue weighted by Crippen LogP contribution is 2.24. The second kappa shape index (κ2) is 8.96. The minimum absolute atomic E-state index is 0.0176. The molecule has 4 rings (SSSR count). The zero-order valence-corrected chi connectivity index (χ0v) is 16.5. The van der Waals surface area contributed by atoms with Gasteiger partial charge in [0.25, 0.3) is 0 Å². The average molecular weight is 395 g/mol. The van der Waals surface area contributed by atoms with Gasteiger partial charge in [0, 0.05) is 29.1 Å². The van der Waals surface area contributed by atoms with Gasteiger partial charge in [0.2, 0.25) is 5.95 Å². The van der Waals surface area contributed by atoms with Crippen LogP contribution < -0.4 is 10.6 Å². The van der Waals surface area contributed by atoms with Crippen molar-refractivity contribution in [2.45, 2.75) is 13.5 Å². The molecule has 4 aromatic rings. The molecule has 0 radical (unpaired) electrons. The molecule has 6 nitrogen and oxygen atoms in total. The maximum Gasteiger partial charge on any atom is 0.225 e. The number of benzene rings is 2. The van der Waals surface area contributed by atoms with E-state index in [1.54, 1.807) is 19.2 Å². The molecular formula is C24H21N5O. The van der Waals surface area contributed by atoms with E-state index in [4.69, 9.17) is 0 Å². The normalized spacial score (nSPS) is 10.4. The first-order valence-electron chi connectivity index (χ1n) is 9.64. The van der Waals surface area contributed by atoms with Crippen LogP contribution in [0.2, 0.25) is 0 Å². The lowest BCUT2D eigenvalue weighted by Crippen LogP contribution is -2.07. The van der Waals surface area contributed by atoms with Crippen molar-refractivity contribution in [3.8, 4) is 11.3 Å². The van der Waals surface area contributed by atoms with Gasteiger partial charge in [-0.05, 0) is 31.2 Å². The van der Waals surface area contributed by atoms with Crippen LogP contribution in [0, 0.1) is 0 Å². The number of hydrogen-bond donors (Lipinski definition) is 2. The van der Waals surface area contributed by atoms with E-state index in [9.17, 15) is 4.79 Å². The lowest BCUT2D eigenvalue weighted by atomic mass is 10.1. The number of nitrogens with zero attached hydrogens (tertiary/aromatic N) is 3. The maximum absolute atomic E-state index is 11.7. The summed E-state index contributed by atoms with van der Waals surface area (Å²) in [6.07, 6.45) is 1.76. The molecule has 0 aliphatic heterocycles. The van der Waals surface area contributed by atoms with E-state index in [0.29, 0.717) is 23.9 Å². The van der Waals surface area contributed by atoms with Gasteiger partial charge in [-0.3, -0.25) is 9.78 Å². The topological polar surface area (TPSA) is 79.8 Å².